The minimum atomic E-state index is -0.156. The molecule has 2 rings (SSSR count). The molecule has 0 atom stereocenters. The fraction of sp³-hybridized carbons (Fsp3) is 0.375. The fourth-order valence-corrected chi connectivity index (χ4v) is 1.84. The summed E-state index contributed by atoms with van der Waals surface area (Å²) < 4.78 is 12.3. The molecule has 6 nitrogen and oxygen atoms in total. The maximum Gasteiger partial charge on any atom is 0.271 e. The second-order valence-corrected chi connectivity index (χ2v) is 4.80. The van der Waals surface area contributed by atoms with E-state index in [0.29, 0.717) is 18.0 Å². The molecule has 0 aliphatic heterocycles. The molecule has 6 heteroatoms. The van der Waals surface area contributed by atoms with Gasteiger partial charge in [0.25, 0.3) is 5.91 Å². The average molecular weight is 303 g/mol. The quantitative estimate of drug-likeness (QED) is 0.761. The summed E-state index contributed by atoms with van der Waals surface area (Å²) in [6.45, 7) is 3.00. The molecule has 1 amide bonds. The molecule has 1 N–H and O–H groups in total. The van der Waals surface area contributed by atoms with Gasteiger partial charge in [0.2, 0.25) is 0 Å². The predicted molar refractivity (Wildman–Crippen MR) is 83.1 cm³/mol. The number of benzene rings is 1. The van der Waals surface area contributed by atoms with Crippen molar-refractivity contribution >= 4 is 5.91 Å². The van der Waals surface area contributed by atoms with E-state index in [2.05, 4.69) is 17.3 Å². The van der Waals surface area contributed by atoms with Gasteiger partial charge in [-0.1, -0.05) is 13.3 Å². The summed E-state index contributed by atoms with van der Waals surface area (Å²) in [5.74, 6) is 1.33. The van der Waals surface area contributed by atoms with Crippen molar-refractivity contribution in [3.63, 3.8) is 0 Å². The van der Waals surface area contributed by atoms with Gasteiger partial charge in [0.05, 0.1) is 7.11 Å². The number of aromatic nitrogens is 2. The van der Waals surface area contributed by atoms with E-state index in [1.54, 1.807) is 24.1 Å². The largest absolute Gasteiger partial charge is 0.497 e. The summed E-state index contributed by atoms with van der Waals surface area (Å²) in [6, 6.07) is 8.97. The zero-order valence-electron chi connectivity index (χ0n) is 12.9. The maximum absolute atomic E-state index is 11.8. The highest BCUT2D eigenvalue weighted by Gasteiger charge is 2.08. The van der Waals surface area contributed by atoms with Crippen LogP contribution in [0.25, 0.3) is 0 Å². The van der Waals surface area contributed by atoms with Crippen molar-refractivity contribution in [3.8, 4) is 11.5 Å². The molecule has 0 unspecified atom stereocenters. The van der Waals surface area contributed by atoms with E-state index in [-0.39, 0.29) is 12.6 Å². The van der Waals surface area contributed by atoms with Crippen molar-refractivity contribution in [1.82, 2.24) is 15.1 Å². The maximum atomic E-state index is 11.8. The number of carbonyl (C=O) groups excluding carboxylic acids is 1. The van der Waals surface area contributed by atoms with Gasteiger partial charge in [-0.3, -0.25) is 4.79 Å². The van der Waals surface area contributed by atoms with Crippen molar-refractivity contribution in [3.05, 3.63) is 42.2 Å². The van der Waals surface area contributed by atoms with Crippen LogP contribution in [-0.4, -0.2) is 29.3 Å². The average Bonchev–Trinajstić information content (AvgIpc) is 3.02. The van der Waals surface area contributed by atoms with Crippen LogP contribution in [0.15, 0.2) is 36.5 Å². The molecule has 0 spiro atoms. The molecule has 0 fully saturated rings. The lowest BCUT2D eigenvalue weighted by Crippen LogP contribution is -2.25. The lowest BCUT2D eigenvalue weighted by Gasteiger charge is -2.07. The van der Waals surface area contributed by atoms with Crippen LogP contribution >= 0.6 is 0 Å². The van der Waals surface area contributed by atoms with Gasteiger partial charge in [-0.2, -0.15) is 5.10 Å². The third-order valence-electron chi connectivity index (χ3n) is 3.11. The highest BCUT2D eigenvalue weighted by atomic mass is 16.5. The number of methoxy groups -OCH3 is 1. The summed E-state index contributed by atoms with van der Waals surface area (Å²) in [5, 5.41) is 7.02. The van der Waals surface area contributed by atoms with Crippen LogP contribution in [0, 0.1) is 0 Å². The van der Waals surface area contributed by atoms with Crippen LogP contribution in [0.1, 0.15) is 30.3 Å². The van der Waals surface area contributed by atoms with Crippen molar-refractivity contribution < 1.29 is 14.3 Å². The molecule has 0 saturated heterocycles. The first kappa shape index (κ1) is 15.9. The molecule has 0 aliphatic rings. The molecular formula is C16H21N3O3. The number of hydrogen-bond donors (Lipinski definition) is 1. The van der Waals surface area contributed by atoms with Crippen LogP contribution < -0.4 is 14.8 Å². The standard InChI is InChI=1S/C16H21N3O3/c1-3-4-10-17-16(20)15-9-11-19(18-15)12-22-14-7-5-13(21-2)6-8-14/h5-9,11H,3-4,10,12H2,1-2H3,(H,17,20). The van der Waals surface area contributed by atoms with Crippen LogP contribution in [0.2, 0.25) is 0 Å². The Hall–Kier alpha value is -2.50. The molecule has 0 saturated carbocycles. The van der Waals surface area contributed by atoms with Crippen molar-refractivity contribution in [1.29, 1.82) is 0 Å². The van der Waals surface area contributed by atoms with Crippen molar-refractivity contribution in [2.45, 2.75) is 26.5 Å². The van der Waals surface area contributed by atoms with Crippen LogP contribution in [0.4, 0.5) is 0 Å². The third-order valence-corrected chi connectivity index (χ3v) is 3.11. The lowest BCUT2D eigenvalue weighted by atomic mass is 10.3. The smallest absolute Gasteiger partial charge is 0.271 e. The molecule has 118 valence electrons. The summed E-state index contributed by atoms with van der Waals surface area (Å²) in [7, 11) is 1.62. The highest BCUT2D eigenvalue weighted by molar-refractivity contribution is 5.92. The normalized spacial score (nSPS) is 10.3. The van der Waals surface area contributed by atoms with E-state index in [0.717, 1.165) is 18.6 Å². The predicted octanol–water partition coefficient (Wildman–Crippen LogP) is 2.46. The second kappa shape index (κ2) is 8.07. The number of rotatable bonds is 8. The summed E-state index contributed by atoms with van der Waals surface area (Å²) >= 11 is 0. The first-order valence-electron chi connectivity index (χ1n) is 7.31. The van der Waals surface area contributed by atoms with Gasteiger partial charge in [-0.15, -0.1) is 0 Å². The Balaban J connectivity index is 1.84. The monoisotopic (exact) mass is 303 g/mol. The molecule has 1 heterocycles. The lowest BCUT2D eigenvalue weighted by molar-refractivity contribution is 0.0946. The van der Waals surface area contributed by atoms with E-state index >= 15 is 0 Å². The molecular weight excluding hydrogens is 282 g/mol. The number of nitrogens with one attached hydrogen (secondary N) is 1. The van der Waals surface area contributed by atoms with Gasteiger partial charge in [0.1, 0.15) is 17.2 Å². The number of amides is 1. The number of ether oxygens (including phenoxy) is 2. The van der Waals surface area contributed by atoms with E-state index in [4.69, 9.17) is 9.47 Å². The van der Waals surface area contributed by atoms with Gasteiger partial charge in [0.15, 0.2) is 6.73 Å². The van der Waals surface area contributed by atoms with Crippen LogP contribution in [-0.2, 0) is 6.73 Å². The van der Waals surface area contributed by atoms with Gasteiger partial charge in [-0.25, -0.2) is 4.68 Å². The SMILES string of the molecule is CCCCNC(=O)c1ccn(COc2ccc(OC)cc2)n1. The Morgan fingerprint density at radius 1 is 1.23 bits per heavy atom. The Morgan fingerprint density at radius 3 is 2.64 bits per heavy atom. The molecule has 1 aromatic heterocycles. The Labute approximate surface area is 130 Å². The first-order chi connectivity index (χ1) is 10.7. The van der Waals surface area contributed by atoms with E-state index in [1.165, 1.54) is 0 Å². The zero-order valence-corrected chi connectivity index (χ0v) is 12.9. The Bertz CT molecular complexity index is 593. The molecule has 0 radical (unpaired) electrons. The number of carbonyl (C=O) groups is 1. The van der Waals surface area contributed by atoms with E-state index in [1.807, 2.05) is 24.3 Å². The van der Waals surface area contributed by atoms with Gasteiger partial charge < -0.3 is 14.8 Å². The Morgan fingerprint density at radius 2 is 1.95 bits per heavy atom. The molecule has 1 aromatic carbocycles. The number of hydrogen-bond acceptors (Lipinski definition) is 4. The number of nitrogens with zero attached hydrogens (tertiary/aromatic N) is 2. The van der Waals surface area contributed by atoms with Gasteiger partial charge in [0, 0.05) is 12.7 Å². The summed E-state index contributed by atoms with van der Waals surface area (Å²) in [5.41, 5.74) is 0.398. The second-order valence-electron chi connectivity index (χ2n) is 4.80. The molecule has 0 aliphatic carbocycles. The van der Waals surface area contributed by atoms with Crippen LogP contribution in [0.3, 0.4) is 0 Å². The Kier molecular flexibility index (Phi) is 5.82. The zero-order chi connectivity index (χ0) is 15.8. The van der Waals surface area contributed by atoms with Gasteiger partial charge >= 0.3 is 0 Å². The minimum absolute atomic E-state index is 0.156. The number of unbranched alkanes of at least 4 members (excludes halogenated alkanes) is 1. The highest BCUT2D eigenvalue weighted by Crippen LogP contribution is 2.17. The molecule has 0 bridgehead atoms. The van der Waals surface area contributed by atoms with Crippen molar-refractivity contribution in [2.24, 2.45) is 0 Å². The summed E-state index contributed by atoms with van der Waals surface area (Å²) in [4.78, 5) is 11.8. The van der Waals surface area contributed by atoms with E-state index < -0.39 is 0 Å². The van der Waals surface area contributed by atoms with Crippen LogP contribution in [0.5, 0.6) is 11.5 Å². The van der Waals surface area contributed by atoms with E-state index in [9.17, 15) is 4.79 Å². The molecule has 22 heavy (non-hydrogen) atoms. The van der Waals surface area contributed by atoms with Gasteiger partial charge in [-0.05, 0) is 36.8 Å². The fourth-order valence-electron chi connectivity index (χ4n) is 1.84. The van der Waals surface area contributed by atoms with Crippen molar-refractivity contribution in [2.75, 3.05) is 13.7 Å². The summed E-state index contributed by atoms with van der Waals surface area (Å²) in [6.07, 6.45) is 3.73. The molecule has 2 aromatic rings. The topological polar surface area (TPSA) is 65.4 Å². The first-order valence-corrected chi connectivity index (χ1v) is 7.31. The minimum Gasteiger partial charge on any atom is -0.497 e. The third kappa shape index (κ3) is 4.51.